The Labute approximate surface area is 194 Å². The fourth-order valence-corrected chi connectivity index (χ4v) is 4.09. The third-order valence-corrected chi connectivity index (χ3v) is 6.42. The predicted molar refractivity (Wildman–Crippen MR) is 135 cm³/mol. The zero-order valence-corrected chi connectivity index (χ0v) is 20.0. The van der Waals surface area contributed by atoms with Gasteiger partial charge in [0.2, 0.25) is 0 Å². The molecule has 170 valence electrons. The monoisotopic (exact) mass is 430 g/mol. The molecule has 0 spiro atoms. The number of hydrogen-bond acceptors (Lipinski definition) is 2. The van der Waals surface area contributed by atoms with Crippen LogP contribution in [0.3, 0.4) is 0 Å². The number of benzene rings is 3. The van der Waals surface area contributed by atoms with E-state index in [1.807, 2.05) is 36.4 Å². The molecule has 0 bridgehead atoms. The summed E-state index contributed by atoms with van der Waals surface area (Å²) in [4.78, 5) is 0. The van der Waals surface area contributed by atoms with Crippen molar-refractivity contribution >= 4 is 0 Å². The largest absolute Gasteiger partial charge is 0.494 e. The Hall–Kier alpha value is -2.74. The molecule has 3 aromatic carbocycles. The molecule has 0 aliphatic rings. The zero-order valence-electron chi connectivity index (χ0n) is 20.0. The average Bonchev–Trinajstić information content (AvgIpc) is 2.83. The molecule has 0 aliphatic carbocycles. The van der Waals surface area contributed by atoms with Crippen LogP contribution in [0.4, 0.5) is 0 Å². The summed E-state index contributed by atoms with van der Waals surface area (Å²) in [5.74, 6) is 2.76. The minimum absolute atomic E-state index is 0.179. The van der Waals surface area contributed by atoms with E-state index in [0.717, 1.165) is 56.0 Å². The van der Waals surface area contributed by atoms with Gasteiger partial charge in [0.15, 0.2) is 0 Å². The topological polar surface area (TPSA) is 18.5 Å². The number of unbranched alkanes of at least 4 members (excludes halogenated alkanes) is 2. The molecule has 2 heteroatoms. The van der Waals surface area contributed by atoms with Crippen molar-refractivity contribution in [1.29, 1.82) is 0 Å². The summed E-state index contributed by atoms with van der Waals surface area (Å²) in [5.41, 5.74) is 2.91. The first-order chi connectivity index (χ1) is 15.6. The first kappa shape index (κ1) is 23.9. The van der Waals surface area contributed by atoms with Crippen LogP contribution in [0.2, 0.25) is 0 Å². The summed E-state index contributed by atoms with van der Waals surface area (Å²) >= 11 is 0. The Balaban J connectivity index is 1.53. The molecule has 1 unspecified atom stereocenters. The molecule has 3 aromatic rings. The van der Waals surface area contributed by atoms with E-state index in [9.17, 15) is 0 Å². The van der Waals surface area contributed by atoms with Gasteiger partial charge in [0.1, 0.15) is 17.2 Å². The van der Waals surface area contributed by atoms with Gasteiger partial charge in [-0.2, -0.15) is 0 Å². The van der Waals surface area contributed by atoms with Crippen LogP contribution in [0.25, 0.3) is 0 Å². The molecule has 0 radical (unpaired) electrons. The first-order valence-electron chi connectivity index (χ1n) is 12.2. The molecule has 32 heavy (non-hydrogen) atoms. The SMILES string of the molecule is CCCCCOc1ccc(C(C)(CC)CCCc2cccc(Oc3ccccc3)c2)cc1. The van der Waals surface area contributed by atoms with Gasteiger partial charge in [-0.25, -0.2) is 0 Å². The van der Waals surface area contributed by atoms with Gasteiger partial charge in [-0.05, 0) is 85.0 Å². The molecule has 0 aromatic heterocycles. The lowest BCUT2D eigenvalue weighted by atomic mass is 9.76. The van der Waals surface area contributed by atoms with E-state index in [1.165, 1.54) is 24.0 Å². The summed E-state index contributed by atoms with van der Waals surface area (Å²) in [6.45, 7) is 7.71. The highest BCUT2D eigenvalue weighted by atomic mass is 16.5. The van der Waals surface area contributed by atoms with Crippen molar-refractivity contribution < 1.29 is 9.47 Å². The smallest absolute Gasteiger partial charge is 0.127 e. The van der Waals surface area contributed by atoms with E-state index < -0.39 is 0 Å². The molecule has 0 N–H and O–H groups in total. The number of aryl methyl sites for hydroxylation is 1. The van der Waals surface area contributed by atoms with Crippen LogP contribution < -0.4 is 9.47 Å². The maximum Gasteiger partial charge on any atom is 0.127 e. The Bertz CT molecular complexity index is 917. The molecule has 0 heterocycles. The van der Waals surface area contributed by atoms with E-state index in [1.54, 1.807) is 0 Å². The molecule has 0 aliphatic heterocycles. The van der Waals surface area contributed by atoms with Gasteiger partial charge in [-0.1, -0.05) is 76.1 Å². The quantitative estimate of drug-likeness (QED) is 0.252. The predicted octanol–water partition coefficient (Wildman–Crippen LogP) is 8.74. The fraction of sp³-hybridized carbons (Fsp3) is 0.400. The van der Waals surface area contributed by atoms with Gasteiger partial charge >= 0.3 is 0 Å². The minimum Gasteiger partial charge on any atom is -0.494 e. The summed E-state index contributed by atoms with van der Waals surface area (Å²) in [7, 11) is 0. The fourth-order valence-electron chi connectivity index (χ4n) is 4.09. The minimum atomic E-state index is 0.179. The number of para-hydroxylation sites is 1. The van der Waals surface area contributed by atoms with Crippen molar-refractivity contribution in [2.75, 3.05) is 6.61 Å². The average molecular weight is 431 g/mol. The van der Waals surface area contributed by atoms with Crippen molar-refractivity contribution in [2.24, 2.45) is 0 Å². The molecule has 1 atom stereocenters. The second-order valence-electron chi connectivity index (χ2n) is 8.91. The van der Waals surface area contributed by atoms with Crippen LogP contribution >= 0.6 is 0 Å². The Morgan fingerprint density at radius 2 is 1.47 bits per heavy atom. The third-order valence-electron chi connectivity index (χ3n) is 6.42. The van der Waals surface area contributed by atoms with E-state index in [2.05, 4.69) is 63.2 Å². The zero-order chi connectivity index (χ0) is 22.7. The second-order valence-corrected chi connectivity index (χ2v) is 8.91. The lowest BCUT2D eigenvalue weighted by molar-refractivity contribution is 0.306. The number of rotatable bonds is 13. The highest BCUT2D eigenvalue weighted by molar-refractivity contribution is 5.34. The van der Waals surface area contributed by atoms with E-state index >= 15 is 0 Å². The van der Waals surface area contributed by atoms with Crippen LogP contribution in [0.15, 0.2) is 78.9 Å². The van der Waals surface area contributed by atoms with Crippen molar-refractivity contribution in [2.45, 2.75) is 71.1 Å². The van der Waals surface area contributed by atoms with Crippen molar-refractivity contribution in [3.05, 3.63) is 90.0 Å². The standard InChI is InChI=1S/C30H38O2/c1-4-6-10-23-31-27-20-18-26(19-21-27)30(3,5-2)22-12-14-25-13-11-17-29(24-25)32-28-15-8-7-9-16-28/h7-9,11,13,15-21,24H,4-6,10,12,14,22-23H2,1-3H3. The lowest BCUT2D eigenvalue weighted by Crippen LogP contribution is -2.21. The molecule has 3 rings (SSSR count). The van der Waals surface area contributed by atoms with Crippen LogP contribution in [-0.4, -0.2) is 6.61 Å². The summed E-state index contributed by atoms with van der Waals surface area (Å²) in [5, 5.41) is 0. The molecule has 0 saturated carbocycles. The first-order valence-corrected chi connectivity index (χ1v) is 12.2. The Morgan fingerprint density at radius 3 is 2.19 bits per heavy atom. The van der Waals surface area contributed by atoms with Crippen molar-refractivity contribution in [1.82, 2.24) is 0 Å². The van der Waals surface area contributed by atoms with Gasteiger partial charge in [0.25, 0.3) is 0 Å². The van der Waals surface area contributed by atoms with Gasteiger partial charge < -0.3 is 9.47 Å². The molecule has 0 fully saturated rings. The highest BCUT2D eigenvalue weighted by Gasteiger charge is 2.24. The van der Waals surface area contributed by atoms with Crippen LogP contribution in [0.1, 0.15) is 70.4 Å². The van der Waals surface area contributed by atoms with E-state index in [-0.39, 0.29) is 5.41 Å². The summed E-state index contributed by atoms with van der Waals surface area (Å²) in [6.07, 6.45) is 8.07. The van der Waals surface area contributed by atoms with Gasteiger partial charge in [-0.15, -0.1) is 0 Å². The van der Waals surface area contributed by atoms with Gasteiger partial charge in [0, 0.05) is 0 Å². The molecule has 0 amide bonds. The van der Waals surface area contributed by atoms with Crippen LogP contribution in [-0.2, 0) is 11.8 Å². The molecular weight excluding hydrogens is 392 g/mol. The Kier molecular flexibility index (Phi) is 9.22. The van der Waals surface area contributed by atoms with Crippen molar-refractivity contribution in [3.63, 3.8) is 0 Å². The lowest BCUT2D eigenvalue weighted by Gasteiger charge is -2.29. The van der Waals surface area contributed by atoms with E-state index in [4.69, 9.17) is 9.47 Å². The second kappa shape index (κ2) is 12.3. The number of hydrogen-bond donors (Lipinski definition) is 0. The molecular formula is C30H38O2. The molecule has 0 saturated heterocycles. The third kappa shape index (κ3) is 7.15. The van der Waals surface area contributed by atoms with Gasteiger partial charge in [-0.3, -0.25) is 0 Å². The van der Waals surface area contributed by atoms with Crippen LogP contribution in [0, 0.1) is 0 Å². The normalized spacial score (nSPS) is 12.8. The highest BCUT2D eigenvalue weighted by Crippen LogP contribution is 2.34. The van der Waals surface area contributed by atoms with Gasteiger partial charge in [0.05, 0.1) is 6.61 Å². The summed E-state index contributed by atoms with van der Waals surface area (Å²) < 4.78 is 11.9. The molecule has 2 nitrogen and oxygen atoms in total. The maximum absolute atomic E-state index is 6.00. The summed E-state index contributed by atoms with van der Waals surface area (Å²) in [6, 6.07) is 27.2. The van der Waals surface area contributed by atoms with Crippen molar-refractivity contribution in [3.8, 4) is 17.2 Å². The van der Waals surface area contributed by atoms with Crippen LogP contribution in [0.5, 0.6) is 17.2 Å². The number of ether oxygens (including phenoxy) is 2. The Morgan fingerprint density at radius 1 is 0.719 bits per heavy atom. The maximum atomic E-state index is 6.00. The van der Waals surface area contributed by atoms with E-state index in [0.29, 0.717) is 0 Å².